The number of methoxy groups -OCH3 is 2. The van der Waals surface area contributed by atoms with Gasteiger partial charge in [-0.05, 0) is 338 Å². The van der Waals surface area contributed by atoms with E-state index in [4.69, 9.17) is 41.3 Å². The number of anilines is 3. The number of nitrogen functional groups attached to an aromatic ring is 3. The first-order valence-corrected chi connectivity index (χ1v) is 43.1. The summed E-state index contributed by atoms with van der Waals surface area (Å²) in [4.78, 5) is 190. The summed E-state index contributed by atoms with van der Waals surface area (Å²) < 4.78 is 19.6. The Bertz CT molecular complexity index is 8620. The molecule has 0 aliphatic rings. The number of benzene rings is 16. The maximum absolute atomic E-state index is 11.9. The zero-order chi connectivity index (χ0) is 99.1. The van der Waals surface area contributed by atoms with Crippen LogP contribution in [0, 0.1) is 20.8 Å². The Labute approximate surface area is 791 Å². The van der Waals surface area contributed by atoms with Crippen molar-refractivity contribution < 1.29 is 62.4 Å². The van der Waals surface area contributed by atoms with E-state index in [1.165, 1.54) is 26.5 Å². The first-order valence-electron chi connectivity index (χ1n) is 43.1. The van der Waals surface area contributed by atoms with Crippen molar-refractivity contribution in [2.45, 2.75) is 55.9 Å². The second-order valence-electron chi connectivity index (χ2n) is 32.3. The number of fused-ring (bicyclic) bond motifs is 14. The number of nitrogens with zero attached hydrogens (tertiary/aromatic N) is 4. The number of aldehydes is 1. The van der Waals surface area contributed by atoms with Crippen LogP contribution in [0.2, 0.25) is 0 Å². The second kappa shape index (κ2) is 41.3. The molecule has 0 spiro atoms. The normalized spacial score (nSPS) is 10.8. The van der Waals surface area contributed by atoms with E-state index in [1.807, 2.05) is 153 Å². The van der Waals surface area contributed by atoms with Crippen LogP contribution in [-0.2, 0) is 18.9 Å². The molecular weight excluding hydrogens is 1780 g/mol. The van der Waals surface area contributed by atoms with Gasteiger partial charge in [-0.15, -0.1) is 0 Å². The topological polar surface area (TPSA) is 520 Å². The largest absolute Gasteiger partial charge is 0.478 e. The molecule has 0 aliphatic heterocycles. The van der Waals surface area contributed by atoms with Crippen molar-refractivity contribution in [2.75, 3.05) is 44.6 Å². The molecule has 0 saturated heterocycles. The lowest BCUT2D eigenvalue weighted by molar-refractivity contribution is 0.0517. The summed E-state index contributed by atoms with van der Waals surface area (Å²) in [6.07, 6.45) is 0.850. The number of aromatic amines is 6. The first kappa shape index (κ1) is 97.2. The SMILES string of the molecule is C.CC(=O)c1ccc2cc3cc(C(=O)O)ccc3cc2c1.CC(=O)c1ccc2cc3cc(C=O)ccc3cc2c1.CCOC(=O)c1ccc2cc3cc(C(=O)OCC)ccc3cc2c1.COC(=O)c1ccc2cc3cc(C(=O)OC)ccc3cc2c1.Cc1cc2cc3cc(N)c(N)cc3cc2cc1N.Cc1nc2cc3[nH]c(=O)c(=O)[nH]c3cc2[nH]c1=O.Cc1nc2nc3[nH]c(=O)c(=O)[nH]c3nc2[nH]c1=O. The van der Waals surface area contributed by atoms with Gasteiger partial charge in [-0.3, -0.25) is 53.1 Å². The van der Waals surface area contributed by atoms with Crippen molar-refractivity contribution >= 4 is 217 Å². The Morgan fingerprint density at radius 2 is 0.614 bits per heavy atom. The summed E-state index contributed by atoms with van der Waals surface area (Å²) in [5, 5.41) is 29.3. The number of carbonyl (C=O) groups is 8. The number of aryl methyl sites for hydroxylation is 3. The molecule has 13 N–H and O–H groups in total. The van der Waals surface area contributed by atoms with Gasteiger partial charge in [0.1, 0.15) is 17.7 Å². The molecule has 140 heavy (non-hydrogen) atoms. The van der Waals surface area contributed by atoms with Crippen LogP contribution in [0.1, 0.15) is 135 Å². The van der Waals surface area contributed by atoms with Crippen molar-refractivity contribution in [2.24, 2.45) is 0 Å². The van der Waals surface area contributed by atoms with Crippen LogP contribution in [0.4, 0.5) is 17.1 Å². The number of H-pyrrole nitrogens is 6. The Morgan fingerprint density at radius 3 is 1.01 bits per heavy atom. The molecule has 32 heteroatoms. The van der Waals surface area contributed by atoms with Crippen LogP contribution in [0.5, 0.6) is 0 Å². The summed E-state index contributed by atoms with van der Waals surface area (Å²) in [7, 11) is 2.72. The van der Waals surface area contributed by atoms with E-state index >= 15 is 0 Å². The van der Waals surface area contributed by atoms with E-state index in [-0.39, 0.29) is 87.8 Å². The van der Waals surface area contributed by atoms with Crippen molar-refractivity contribution in [3.05, 3.63) is 366 Å². The molecule has 5 heterocycles. The van der Waals surface area contributed by atoms with Crippen LogP contribution in [0.15, 0.2) is 271 Å². The zero-order valence-corrected chi connectivity index (χ0v) is 75.9. The highest BCUT2D eigenvalue weighted by atomic mass is 16.5. The minimum absolute atomic E-state index is 0. The highest BCUT2D eigenvalue weighted by Crippen LogP contribution is 2.34. The van der Waals surface area contributed by atoms with Crippen LogP contribution in [0.3, 0.4) is 0 Å². The zero-order valence-electron chi connectivity index (χ0n) is 75.9. The number of nitrogens with two attached hydrogens (primary N) is 3. The predicted molar refractivity (Wildman–Crippen MR) is 546 cm³/mol. The van der Waals surface area contributed by atoms with Gasteiger partial charge < -0.3 is 61.2 Å². The number of ketones is 2. The van der Waals surface area contributed by atoms with Gasteiger partial charge in [0.05, 0.1) is 88.7 Å². The molecule has 5 aromatic heterocycles. The van der Waals surface area contributed by atoms with E-state index in [2.05, 4.69) is 68.0 Å². The molecule has 0 aliphatic carbocycles. The Kier molecular flexibility index (Phi) is 28.7. The van der Waals surface area contributed by atoms with Gasteiger partial charge >= 0.3 is 52.1 Å². The monoisotopic (exact) mass is 1870 g/mol. The molecule has 21 rings (SSSR count). The molecule has 0 unspecified atom stereocenters. The van der Waals surface area contributed by atoms with Crippen LogP contribution >= 0.6 is 0 Å². The van der Waals surface area contributed by atoms with Gasteiger partial charge in [0.15, 0.2) is 34.2 Å². The Hall–Kier alpha value is -18.9. The summed E-state index contributed by atoms with van der Waals surface area (Å²) in [6, 6.07) is 74.9. The third-order valence-electron chi connectivity index (χ3n) is 22.7. The van der Waals surface area contributed by atoms with Crippen LogP contribution < -0.4 is 50.6 Å². The molecule has 0 bridgehead atoms. The lowest BCUT2D eigenvalue weighted by Gasteiger charge is -2.08. The minimum Gasteiger partial charge on any atom is -0.478 e. The van der Waals surface area contributed by atoms with E-state index in [1.54, 1.807) is 113 Å². The third kappa shape index (κ3) is 21.6. The first-order chi connectivity index (χ1) is 66.6. The maximum Gasteiger partial charge on any atom is 0.338 e. The molecule has 0 saturated carbocycles. The van der Waals surface area contributed by atoms with E-state index in [0.29, 0.717) is 85.7 Å². The number of aromatic nitrogens is 10. The highest BCUT2D eigenvalue weighted by Gasteiger charge is 2.17. The van der Waals surface area contributed by atoms with Crippen molar-refractivity contribution in [3.63, 3.8) is 0 Å². The predicted octanol–water partition coefficient (Wildman–Crippen LogP) is 17.8. The van der Waals surface area contributed by atoms with Crippen LogP contribution in [-0.4, -0.2) is 130 Å². The summed E-state index contributed by atoms with van der Waals surface area (Å²) in [6.45, 7) is 12.5. The number of Topliss-reactive ketones (excluding diaryl/α,β-unsaturated/α-hetero) is 2. The summed E-state index contributed by atoms with van der Waals surface area (Å²) in [5.74, 6) is -2.19. The summed E-state index contributed by atoms with van der Waals surface area (Å²) in [5.41, 5.74) is 24.4. The quantitative estimate of drug-likeness (QED) is 0.0116. The molecule has 700 valence electrons. The van der Waals surface area contributed by atoms with Gasteiger partial charge in [0.2, 0.25) is 0 Å². The van der Waals surface area contributed by atoms with Gasteiger partial charge in [-0.1, -0.05) is 74.2 Å². The van der Waals surface area contributed by atoms with Crippen molar-refractivity contribution in [3.8, 4) is 0 Å². The fourth-order valence-corrected chi connectivity index (χ4v) is 15.4. The number of aromatic carboxylic acids is 1. The van der Waals surface area contributed by atoms with Crippen molar-refractivity contribution in [1.29, 1.82) is 0 Å². The van der Waals surface area contributed by atoms with Gasteiger partial charge in [0.25, 0.3) is 11.1 Å². The number of rotatable bonds is 10. The van der Waals surface area contributed by atoms with Gasteiger partial charge in [-0.25, -0.2) is 43.9 Å². The molecule has 32 nitrogen and oxygen atoms in total. The summed E-state index contributed by atoms with van der Waals surface area (Å²) >= 11 is 0. The number of hydrogen-bond acceptors (Lipinski definition) is 25. The molecular formula is C108H89N13O19. The van der Waals surface area contributed by atoms with E-state index in [9.17, 15) is 67.1 Å². The fraction of sp³-hybridized carbons (Fsp3) is 0.111. The number of hydrogen-bond donors (Lipinski definition) is 10. The standard InChI is InChI=1S/C20H18O4.C18H14O4.C17H12O3.C17H12O2.C15H15N3.C11H8N4O3.C9H6N6O3.CH4/c1-3-23-19(21)15-7-5-13-10-18-12-16(20(22)24-4-2)8-6-14(18)9-17(13)11-15;1-21-17(19)13-5-3-11-8-16-10-14(18(20)22-2)6-4-12(16)7-15(11)9-13;1-10(18)11-2-3-12-8-16-9-14(17(19)20)5-4-13(16)7-15(12)6-11;1-11(19)13-4-5-15-8-16-6-12(10-18)2-3-14(16)9-17(15)7-13;1-8-2-9-3-11-6-14(17)15(18)7-12(11)4-10(9)5-13(8)16;1-4-9(16)13-6-3-8-7(2-5(6)12-4)14-10(17)11(18)15-8;1-2-7(16)13-4-3(10-2)11-5-6(12-4)15-9(18)8(17)14-5;/h5-12H,3-4H2,1-2H3;3-10H,1-2H3;2-9H,1H3,(H,19,20);2-10H,1H3;2-7H,16-18H2,1H3;2-3H,1H3,(H,13,16)(H,14,17)(H,15,18);1H3,(H,10,11,14,17)(H2,12,13,15,16,18);1H4. The number of carbonyl (C=O) groups excluding carboxylic acids is 7. The molecule has 0 atom stereocenters. The number of ether oxygens (including phenoxy) is 4. The molecule has 21 aromatic rings. The highest BCUT2D eigenvalue weighted by molar-refractivity contribution is 6.10. The average molecular weight is 1870 g/mol. The van der Waals surface area contributed by atoms with Crippen LogP contribution in [0.25, 0.3) is 152 Å². The molecule has 16 aromatic carbocycles. The van der Waals surface area contributed by atoms with Gasteiger partial charge in [-0.2, -0.15) is 0 Å². The van der Waals surface area contributed by atoms with E-state index < -0.39 is 28.2 Å². The number of carboxylic acid groups (broad SMARTS) is 1. The lowest BCUT2D eigenvalue weighted by atomic mass is 9.99. The molecule has 0 fully saturated rings. The number of carboxylic acids is 1. The minimum atomic E-state index is -0.932. The third-order valence-corrected chi connectivity index (χ3v) is 22.7. The fourth-order valence-electron chi connectivity index (χ4n) is 15.4. The lowest BCUT2D eigenvalue weighted by Crippen LogP contribution is -2.29. The van der Waals surface area contributed by atoms with E-state index in [0.717, 1.165) is 125 Å². The Morgan fingerprint density at radius 1 is 0.314 bits per heavy atom. The maximum atomic E-state index is 11.9. The number of nitrogens with one attached hydrogen (secondary N) is 6. The molecule has 0 amide bonds. The van der Waals surface area contributed by atoms with Gasteiger partial charge in [0, 0.05) is 22.4 Å². The number of esters is 4. The smallest absolute Gasteiger partial charge is 0.338 e. The Balaban J connectivity index is 0.000000130. The molecule has 0 radical (unpaired) electrons. The second-order valence-corrected chi connectivity index (χ2v) is 32.3. The average Bonchev–Trinajstić information content (AvgIpc) is 0.739. The van der Waals surface area contributed by atoms with Crippen molar-refractivity contribution in [1.82, 2.24) is 49.8 Å².